The van der Waals surface area contributed by atoms with Crippen molar-refractivity contribution in [3.05, 3.63) is 105 Å². The molecule has 0 fully saturated rings. The quantitative estimate of drug-likeness (QED) is 0.429. The van der Waals surface area contributed by atoms with E-state index in [-0.39, 0.29) is 34.8 Å². The van der Waals surface area contributed by atoms with Crippen LogP contribution in [0.2, 0.25) is 0 Å². The lowest BCUT2D eigenvalue weighted by atomic mass is 10.0. The number of carboxylic acids is 1. The third-order valence-corrected chi connectivity index (χ3v) is 5.16. The van der Waals surface area contributed by atoms with Crippen LogP contribution in [0.25, 0.3) is 0 Å². The number of carbonyl (C=O) groups is 2. The Morgan fingerprint density at radius 3 is 2.42 bits per heavy atom. The van der Waals surface area contributed by atoms with Crippen molar-refractivity contribution in [3.63, 3.8) is 0 Å². The third kappa shape index (κ3) is 4.61. The zero-order valence-electron chi connectivity index (χ0n) is 17.2. The van der Waals surface area contributed by atoms with E-state index < -0.39 is 10.9 Å². The summed E-state index contributed by atoms with van der Waals surface area (Å²) in [5, 5.41) is 20.7. The van der Waals surface area contributed by atoms with E-state index in [1.807, 2.05) is 31.2 Å². The second kappa shape index (κ2) is 9.21. The summed E-state index contributed by atoms with van der Waals surface area (Å²) in [6.07, 6.45) is 0.684. The van der Waals surface area contributed by atoms with Crippen molar-refractivity contribution < 1.29 is 19.6 Å². The molecule has 0 bridgehead atoms. The van der Waals surface area contributed by atoms with Gasteiger partial charge in [-0.3, -0.25) is 14.9 Å². The van der Waals surface area contributed by atoms with Gasteiger partial charge in [0.25, 0.3) is 11.6 Å². The smallest absolute Gasteiger partial charge is 0.335 e. The van der Waals surface area contributed by atoms with Gasteiger partial charge in [-0.05, 0) is 48.7 Å². The van der Waals surface area contributed by atoms with E-state index in [9.17, 15) is 24.8 Å². The number of nitrogens with zero attached hydrogens (tertiary/aromatic N) is 2. The van der Waals surface area contributed by atoms with Crippen molar-refractivity contribution >= 4 is 23.3 Å². The van der Waals surface area contributed by atoms with Crippen LogP contribution in [0.5, 0.6) is 0 Å². The van der Waals surface area contributed by atoms with E-state index in [1.54, 1.807) is 30.0 Å². The zero-order chi connectivity index (χ0) is 22.5. The maximum Gasteiger partial charge on any atom is 0.335 e. The standard InChI is InChI=1S/C24H22N2O5/c1-3-18-9-4-5-12-22(18)25(15-17-8-6-10-19(14-17)24(28)29)23(27)20-11-7-13-21(16(20)2)26(30)31/h4-14H,3,15H2,1-2H3,(H,28,29). The molecule has 0 aliphatic rings. The Hall–Kier alpha value is -4.00. The lowest BCUT2D eigenvalue weighted by Crippen LogP contribution is -2.32. The van der Waals surface area contributed by atoms with Gasteiger partial charge in [0.15, 0.2) is 0 Å². The maximum atomic E-state index is 13.6. The first kappa shape index (κ1) is 21.7. The molecule has 7 heteroatoms. The van der Waals surface area contributed by atoms with Crippen LogP contribution in [0.3, 0.4) is 0 Å². The van der Waals surface area contributed by atoms with Crippen LogP contribution in [0, 0.1) is 17.0 Å². The number of rotatable bonds is 7. The Morgan fingerprint density at radius 1 is 1.03 bits per heavy atom. The van der Waals surface area contributed by atoms with Crippen LogP contribution < -0.4 is 4.90 Å². The molecule has 0 aliphatic carbocycles. The molecule has 0 saturated heterocycles. The fourth-order valence-electron chi connectivity index (χ4n) is 3.52. The van der Waals surface area contributed by atoms with Crippen molar-refractivity contribution in [2.45, 2.75) is 26.8 Å². The van der Waals surface area contributed by atoms with E-state index in [2.05, 4.69) is 0 Å². The summed E-state index contributed by atoms with van der Waals surface area (Å²) < 4.78 is 0. The van der Waals surface area contributed by atoms with Gasteiger partial charge in [-0.25, -0.2) is 4.79 Å². The highest BCUT2D eigenvalue weighted by Crippen LogP contribution is 2.28. The molecule has 3 aromatic carbocycles. The second-order valence-corrected chi connectivity index (χ2v) is 7.09. The van der Waals surface area contributed by atoms with Crippen LogP contribution in [-0.2, 0) is 13.0 Å². The fraction of sp³-hybridized carbons (Fsp3) is 0.167. The highest BCUT2D eigenvalue weighted by atomic mass is 16.6. The number of carboxylic acid groups (broad SMARTS) is 1. The largest absolute Gasteiger partial charge is 0.478 e. The molecule has 3 rings (SSSR count). The molecule has 3 aromatic rings. The van der Waals surface area contributed by atoms with Gasteiger partial charge in [0, 0.05) is 22.9 Å². The molecule has 0 atom stereocenters. The molecule has 1 N–H and O–H groups in total. The molecule has 31 heavy (non-hydrogen) atoms. The van der Waals surface area contributed by atoms with Crippen molar-refractivity contribution in [1.29, 1.82) is 0 Å². The van der Waals surface area contributed by atoms with Gasteiger partial charge in [-0.15, -0.1) is 0 Å². The molecule has 0 saturated carbocycles. The Kier molecular flexibility index (Phi) is 6.45. The predicted molar refractivity (Wildman–Crippen MR) is 118 cm³/mol. The molecule has 0 aromatic heterocycles. The summed E-state index contributed by atoms with van der Waals surface area (Å²) in [7, 11) is 0. The number of anilines is 1. The molecule has 0 radical (unpaired) electrons. The molecule has 0 aliphatic heterocycles. The molecular weight excluding hydrogens is 396 g/mol. The van der Waals surface area contributed by atoms with Gasteiger partial charge >= 0.3 is 5.97 Å². The number of aryl methyl sites for hydroxylation is 1. The first-order valence-electron chi connectivity index (χ1n) is 9.79. The normalized spacial score (nSPS) is 10.5. The van der Waals surface area contributed by atoms with E-state index in [0.717, 1.165) is 5.56 Å². The minimum Gasteiger partial charge on any atom is -0.478 e. The number of carbonyl (C=O) groups excluding carboxylic acids is 1. The Balaban J connectivity index is 2.12. The second-order valence-electron chi connectivity index (χ2n) is 7.09. The monoisotopic (exact) mass is 418 g/mol. The predicted octanol–water partition coefficient (Wildman–Crippen LogP) is 5.01. The molecule has 0 unspecified atom stereocenters. The van der Waals surface area contributed by atoms with E-state index in [4.69, 9.17) is 0 Å². The highest BCUT2D eigenvalue weighted by Gasteiger charge is 2.25. The Bertz CT molecular complexity index is 1160. The van der Waals surface area contributed by atoms with Crippen molar-refractivity contribution in [2.24, 2.45) is 0 Å². The summed E-state index contributed by atoms with van der Waals surface area (Å²) in [4.78, 5) is 37.4. The van der Waals surface area contributed by atoms with E-state index in [1.165, 1.54) is 24.3 Å². The van der Waals surface area contributed by atoms with Crippen molar-refractivity contribution in [1.82, 2.24) is 0 Å². The van der Waals surface area contributed by atoms with Crippen LogP contribution in [-0.4, -0.2) is 21.9 Å². The molecule has 0 spiro atoms. The third-order valence-electron chi connectivity index (χ3n) is 5.16. The van der Waals surface area contributed by atoms with Crippen LogP contribution in [0.4, 0.5) is 11.4 Å². The van der Waals surface area contributed by atoms with Gasteiger partial charge < -0.3 is 10.0 Å². The average Bonchev–Trinajstić information content (AvgIpc) is 2.77. The number of benzene rings is 3. The molecule has 7 nitrogen and oxygen atoms in total. The van der Waals surface area contributed by atoms with E-state index in [0.29, 0.717) is 17.7 Å². The SMILES string of the molecule is CCc1ccccc1N(Cc1cccc(C(=O)O)c1)C(=O)c1cccc([N+](=O)[O-])c1C. The summed E-state index contributed by atoms with van der Waals surface area (Å²) in [5.41, 5.74) is 2.78. The first-order chi connectivity index (χ1) is 14.8. The molecule has 158 valence electrons. The summed E-state index contributed by atoms with van der Waals surface area (Å²) in [6.45, 7) is 3.66. The summed E-state index contributed by atoms with van der Waals surface area (Å²) in [5.74, 6) is -1.44. The number of nitro groups is 1. The van der Waals surface area contributed by atoms with Crippen LogP contribution in [0.1, 0.15) is 44.3 Å². The minimum absolute atomic E-state index is 0.123. The average molecular weight is 418 g/mol. The van der Waals surface area contributed by atoms with Gasteiger partial charge in [-0.2, -0.15) is 0 Å². The molecule has 0 heterocycles. The van der Waals surface area contributed by atoms with Crippen LogP contribution >= 0.6 is 0 Å². The number of hydrogen-bond donors (Lipinski definition) is 1. The Morgan fingerprint density at radius 2 is 1.74 bits per heavy atom. The number of para-hydroxylation sites is 1. The number of amides is 1. The number of hydrogen-bond acceptors (Lipinski definition) is 4. The van der Waals surface area contributed by atoms with Gasteiger partial charge in [0.05, 0.1) is 17.0 Å². The Labute approximate surface area is 179 Å². The van der Waals surface area contributed by atoms with Gasteiger partial charge in [0.1, 0.15) is 0 Å². The zero-order valence-corrected chi connectivity index (χ0v) is 17.2. The topological polar surface area (TPSA) is 101 Å². The number of nitro benzene ring substituents is 1. The van der Waals surface area contributed by atoms with Crippen LogP contribution in [0.15, 0.2) is 66.7 Å². The lowest BCUT2D eigenvalue weighted by molar-refractivity contribution is -0.385. The maximum absolute atomic E-state index is 13.6. The minimum atomic E-state index is -1.05. The van der Waals surface area contributed by atoms with Gasteiger partial charge in [0.2, 0.25) is 0 Å². The number of aromatic carboxylic acids is 1. The lowest BCUT2D eigenvalue weighted by Gasteiger charge is -2.26. The van der Waals surface area contributed by atoms with E-state index >= 15 is 0 Å². The fourth-order valence-corrected chi connectivity index (χ4v) is 3.52. The first-order valence-corrected chi connectivity index (χ1v) is 9.79. The van der Waals surface area contributed by atoms with Crippen molar-refractivity contribution in [3.8, 4) is 0 Å². The highest BCUT2D eigenvalue weighted by molar-refractivity contribution is 6.08. The summed E-state index contributed by atoms with van der Waals surface area (Å²) in [6, 6.07) is 18.3. The summed E-state index contributed by atoms with van der Waals surface area (Å²) >= 11 is 0. The van der Waals surface area contributed by atoms with Crippen molar-refractivity contribution in [2.75, 3.05) is 4.90 Å². The van der Waals surface area contributed by atoms with Gasteiger partial charge in [-0.1, -0.05) is 43.3 Å². The molecule has 1 amide bonds. The molecular formula is C24H22N2O5.